The van der Waals surface area contributed by atoms with Gasteiger partial charge in [0.25, 0.3) is 6.01 Å². The summed E-state index contributed by atoms with van der Waals surface area (Å²) in [6.45, 7) is 0.583. The van der Waals surface area contributed by atoms with Gasteiger partial charge in [0.05, 0.1) is 31.4 Å². The van der Waals surface area contributed by atoms with E-state index in [1.807, 2.05) is 48.5 Å². The summed E-state index contributed by atoms with van der Waals surface area (Å²) in [5.74, 6) is 0.944. The fourth-order valence-electron chi connectivity index (χ4n) is 4.70. The van der Waals surface area contributed by atoms with E-state index >= 15 is 0 Å². The first-order valence-electron chi connectivity index (χ1n) is 11.1. The van der Waals surface area contributed by atoms with Gasteiger partial charge in [0, 0.05) is 17.2 Å². The van der Waals surface area contributed by atoms with Gasteiger partial charge in [0.15, 0.2) is 6.10 Å². The minimum absolute atomic E-state index is 0.245. The fourth-order valence-corrected chi connectivity index (χ4v) is 4.70. The Morgan fingerprint density at radius 3 is 2.44 bits per heavy atom. The number of ether oxygens (including phenoxy) is 4. The lowest BCUT2D eigenvalue weighted by atomic mass is 9.99. The third kappa shape index (κ3) is 3.56. The normalized spacial score (nSPS) is 23.8. The summed E-state index contributed by atoms with van der Waals surface area (Å²) in [6, 6.07) is 19.4. The number of hydrogen-bond donors (Lipinski definition) is 3. The Balaban J connectivity index is 1.29. The minimum atomic E-state index is -0.627. The van der Waals surface area contributed by atoms with Gasteiger partial charge in [-0.05, 0) is 23.3 Å². The molecular weight excluding hydrogens is 436 g/mol. The van der Waals surface area contributed by atoms with Crippen LogP contribution in [0.25, 0.3) is 33.3 Å². The number of benzene rings is 3. The van der Waals surface area contributed by atoms with E-state index in [0.717, 1.165) is 33.3 Å². The van der Waals surface area contributed by atoms with E-state index in [2.05, 4.69) is 9.97 Å². The van der Waals surface area contributed by atoms with Crippen molar-refractivity contribution in [2.45, 2.75) is 24.4 Å². The van der Waals surface area contributed by atoms with E-state index in [4.69, 9.17) is 18.9 Å². The lowest BCUT2D eigenvalue weighted by molar-refractivity contribution is 0.00706. The Bertz CT molecular complexity index is 1340. The number of aromatic nitrogens is 2. The lowest BCUT2D eigenvalue weighted by Crippen LogP contribution is -2.34. The molecule has 8 nitrogen and oxygen atoms in total. The highest BCUT2D eigenvalue weighted by molar-refractivity contribution is 5.87. The van der Waals surface area contributed by atoms with Gasteiger partial charge in [0.2, 0.25) is 0 Å². The Kier molecular flexibility index (Phi) is 5.13. The second-order valence-electron chi connectivity index (χ2n) is 8.53. The predicted molar refractivity (Wildman–Crippen MR) is 125 cm³/mol. The molecule has 0 spiro atoms. The number of phenols is 1. The zero-order valence-corrected chi connectivity index (χ0v) is 18.5. The largest absolute Gasteiger partial charge is 0.507 e. The molecule has 4 atom stereocenters. The third-order valence-electron chi connectivity index (χ3n) is 6.44. The van der Waals surface area contributed by atoms with Gasteiger partial charge in [0.1, 0.15) is 29.8 Å². The van der Waals surface area contributed by atoms with Crippen LogP contribution in [0, 0.1) is 0 Å². The van der Waals surface area contributed by atoms with Crippen molar-refractivity contribution in [1.29, 1.82) is 0 Å². The average Bonchev–Trinajstić information content (AvgIpc) is 3.55. The highest BCUT2D eigenvalue weighted by Crippen LogP contribution is 2.37. The van der Waals surface area contributed by atoms with Crippen molar-refractivity contribution in [3.05, 3.63) is 60.7 Å². The van der Waals surface area contributed by atoms with Crippen LogP contribution in [0.1, 0.15) is 0 Å². The number of nitrogens with one attached hydrogen (secondary N) is 1. The maximum atomic E-state index is 10.1. The van der Waals surface area contributed by atoms with Crippen LogP contribution in [0.3, 0.4) is 0 Å². The molecule has 1 aromatic heterocycles. The second kappa shape index (κ2) is 8.32. The number of hydrogen-bond acceptors (Lipinski definition) is 7. The molecular formula is C26H24N2O6. The Morgan fingerprint density at radius 1 is 0.941 bits per heavy atom. The molecule has 0 amide bonds. The molecule has 174 valence electrons. The van der Waals surface area contributed by atoms with Gasteiger partial charge in [-0.15, -0.1) is 0 Å². The molecule has 0 bridgehead atoms. The molecule has 3 heterocycles. The third-order valence-corrected chi connectivity index (χ3v) is 6.44. The summed E-state index contributed by atoms with van der Waals surface area (Å²) in [6.07, 6.45) is -1.64. The first kappa shape index (κ1) is 21.0. The number of H-pyrrole nitrogens is 1. The number of methoxy groups -OCH3 is 1. The van der Waals surface area contributed by atoms with Crippen LogP contribution in [0.15, 0.2) is 60.7 Å². The van der Waals surface area contributed by atoms with Crippen LogP contribution < -0.4 is 9.47 Å². The van der Waals surface area contributed by atoms with E-state index in [0.29, 0.717) is 18.4 Å². The molecule has 0 unspecified atom stereocenters. The molecule has 34 heavy (non-hydrogen) atoms. The number of aromatic amines is 1. The topological polar surface area (TPSA) is 106 Å². The number of fused-ring (bicyclic) bond motifs is 2. The summed E-state index contributed by atoms with van der Waals surface area (Å²) >= 11 is 0. The first-order chi connectivity index (χ1) is 16.6. The molecule has 3 aromatic carbocycles. The van der Waals surface area contributed by atoms with Crippen molar-refractivity contribution in [2.24, 2.45) is 0 Å². The van der Waals surface area contributed by atoms with E-state index in [1.165, 1.54) is 0 Å². The second-order valence-corrected chi connectivity index (χ2v) is 8.53. The maximum absolute atomic E-state index is 10.1. The van der Waals surface area contributed by atoms with Crippen molar-refractivity contribution in [1.82, 2.24) is 9.97 Å². The average molecular weight is 460 g/mol. The maximum Gasteiger partial charge on any atom is 0.295 e. The van der Waals surface area contributed by atoms with Crippen LogP contribution in [0.2, 0.25) is 0 Å². The molecule has 4 aromatic rings. The molecule has 2 aliphatic heterocycles. The zero-order chi connectivity index (χ0) is 23.2. The summed E-state index contributed by atoms with van der Waals surface area (Å²) in [5.41, 5.74) is 5.07. The number of phenolic OH excluding ortho intramolecular Hbond substituents is 1. The van der Waals surface area contributed by atoms with Gasteiger partial charge in [-0.1, -0.05) is 42.5 Å². The Morgan fingerprint density at radius 2 is 1.68 bits per heavy atom. The number of rotatable bonds is 5. The van der Waals surface area contributed by atoms with E-state index in [-0.39, 0.29) is 30.7 Å². The van der Waals surface area contributed by atoms with Crippen molar-refractivity contribution in [2.75, 3.05) is 20.3 Å². The van der Waals surface area contributed by atoms with Gasteiger partial charge in [-0.3, -0.25) is 0 Å². The lowest BCUT2D eigenvalue weighted by Gasteiger charge is -2.15. The minimum Gasteiger partial charge on any atom is -0.507 e. The SMILES string of the molecule is COc1cc2[nH]c(O[C@@H]3CO[C@H]4[C@@H]3OC[C@H]4O)nc2cc1-c1ccc(-c2ccccc2O)cc1. The van der Waals surface area contributed by atoms with Crippen molar-refractivity contribution in [3.8, 4) is 39.8 Å². The quantitative estimate of drug-likeness (QED) is 0.418. The molecule has 8 heteroatoms. The smallest absolute Gasteiger partial charge is 0.295 e. The van der Waals surface area contributed by atoms with Gasteiger partial charge < -0.3 is 34.1 Å². The van der Waals surface area contributed by atoms with Crippen LogP contribution in [-0.2, 0) is 9.47 Å². The van der Waals surface area contributed by atoms with E-state index < -0.39 is 6.10 Å². The van der Waals surface area contributed by atoms with Crippen molar-refractivity contribution >= 4 is 11.0 Å². The number of para-hydroxylation sites is 1. The summed E-state index contributed by atoms with van der Waals surface area (Å²) in [5, 5.41) is 20.1. The monoisotopic (exact) mass is 460 g/mol. The molecule has 2 saturated heterocycles. The zero-order valence-electron chi connectivity index (χ0n) is 18.5. The molecule has 3 N–H and O–H groups in total. The highest BCUT2D eigenvalue weighted by atomic mass is 16.6. The first-order valence-corrected chi connectivity index (χ1v) is 11.1. The standard InChI is InChI=1S/C26H24N2O6/c1-31-22-11-19-18(27-26(28-19)34-23-13-33-24-21(30)12-32-25(23)24)10-17(22)15-8-6-14(7-9-15)16-4-2-3-5-20(16)29/h2-11,21,23-25,29-30H,12-13H2,1H3,(H,27,28)/t21-,23-,24-,25-/m1/s1. The number of nitrogens with zero attached hydrogens (tertiary/aromatic N) is 1. The summed E-state index contributed by atoms with van der Waals surface area (Å²) in [4.78, 5) is 7.80. The van der Waals surface area contributed by atoms with Crippen molar-refractivity contribution < 1.29 is 29.2 Å². The summed E-state index contributed by atoms with van der Waals surface area (Å²) in [7, 11) is 1.63. The van der Waals surface area contributed by atoms with Crippen molar-refractivity contribution in [3.63, 3.8) is 0 Å². The Hall–Kier alpha value is -3.59. The number of aliphatic hydroxyl groups excluding tert-OH is 1. The number of imidazole rings is 1. The Labute approximate surface area is 195 Å². The van der Waals surface area contributed by atoms with Crippen LogP contribution in [0.5, 0.6) is 17.5 Å². The predicted octanol–water partition coefficient (Wildman–Crippen LogP) is 3.52. The molecule has 2 fully saturated rings. The highest BCUT2D eigenvalue weighted by Gasteiger charge is 2.48. The van der Waals surface area contributed by atoms with Crippen LogP contribution >= 0.6 is 0 Å². The molecule has 6 rings (SSSR count). The van der Waals surface area contributed by atoms with Gasteiger partial charge >= 0.3 is 0 Å². The summed E-state index contributed by atoms with van der Waals surface area (Å²) < 4.78 is 22.9. The number of aromatic hydroxyl groups is 1. The van der Waals surface area contributed by atoms with Gasteiger partial charge in [-0.25, -0.2) is 0 Å². The molecule has 2 aliphatic rings. The molecule has 0 saturated carbocycles. The fraction of sp³-hybridized carbons (Fsp3) is 0.269. The molecule has 0 radical (unpaired) electrons. The van der Waals surface area contributed by atoms with E-state index in [1.54, 1.807) is 19.2 Å². The van der Waals surface area contributed by atoms with E-state index in [9.17, 15) is 10.2 Å². The van der Waals surface area contributed by atoms with Crippen LogP contribution in [-0.4, -0.2) is 64.9 Å². The number of aliphatic hydroxyl groups is 1. The van der Waals surface area contributed by atoms with Crippen LogP contribution in [0.4, 0.5) is 0 Å². The van der Waals surface area contributed by atoms with Gasteiger partial charge in [-0.2, -0.15) is 4.98 Å². The molecule has 0 aliphatic carbocycles.